The van der Waals surface area contributed by atoms with E-state index in [1.54, 1.807) is 4.90 Å². The van der Waals surface area contributed by atoms with Gasteiger partial charge in [-0.1, -0.05) is 0 Å². The molecule has 0 bridgehead atoms. The van der Waals surface area contributed by atoms with Crippen molar-refractivity contribution in [3.63, 3.8) is 0 Å². The Labute approximate surface area is 96.5 Å². The summed E-state index contributed by atoms with van der Waals surface area (Å²) in [5, 5.41) is 8.96. The number of aliphatic hydroxyl groups excluding tert-OH is 1. The molecule has 0 atom stereocenters. The summed E-state index contributed by atoms with van der Waals surface area (Å²) in [5.41, 5.74) is 1.72. The molecule has 4 nitrogen and oxygen atoms in total. The van der Waals surface area contributed by atoms with Gasteiger partial charge in [0.05, 0.1) is 6.61 Å². The largest absolute Gasteiger partial charge is 0.395 e. The molecule has 0 fully saturated rings. The maximum Gasteiger partial charge on any atom is 0.270 e. The van der Waals surface area contributed by atoms with E-state index in [4.69, 9.17) is 5.11 Å². The van der Waals surface area contributed by atoms with Crippen LogP contribution in [0, 0.1) is 6.92 Å². The lowest BCUT2D eigenvalue weighted by molar-refractivity contribution is 0.0655. The summed E-state index contributed by atoms with van der Waals surface area (Å²) in [6.45, 7) is 6.23. The molecule has 0 aromatic carbocycles. The summed E-state index contributed by atoms with van der Waals surface area (Å²) in [6.07, 6.45) is 0. The predicted octanol–water partition coefficient (Wildman–Crippen LogP) is 1.18. The predicted molar refractivity (Wildman–Crippen MR) is 63.4 cm³/mol. The number of hydrogen-bond donors (Lipinski definition) is 1. The smallest absolute Gasteiger partial charge is 0.270 e. The zero-order chi connectivity index (χ0) is 12.3. The molecule has 1 rings (SSSR count). The summed E-state index contributed by atoms with van der Waals surface area (Å²) in [7, 11) is 1.88. The van der Waals surface area contributed by atoms with Crippen LogP contribution in [0.5, 0.6) is 0 Å². The Morgan fingerprint density at radius 2 is 2.12 bits per heavy atom. The highest BCUT2D eigenvalue weighted by Crippen LogP contribution is 2.11. The molecule has 1 heterocycles. The SMILES string of the molecule is Cc1ccc(C(=O)N(CCO)C(C)C)n1C. The maximum atomic E-state index is 12.2. The fraction of sp³-hybridized carbons (Fsp3) is 0.583. The van der Waals surface area contributed by atoms with Gasteiger partial charge in [-0.3, -0.25) is 4.79 Å². The Morgan fingerprint density at radius 1 is 1.50 bits per heavy atom. The van der Waals surface area contributed by atoms with E-state index < -0.39 is 0 Å². The third kappa shape index (κ3) is 2.44. The summed E-state index contributed by atoms with van der Waals surface area (Å²) >= 11 is 0. The third-order valence-electron chi connectivity index (χ3n) is 2.82. The number of amides is 1. The van der Waals surface area contributed by atoms with E-state index in [0.717, 1.165) is 5.69 Å². The van der Waals surface area contributed by atoms with Gasteiger partial charge >= 0.3 is 0 Å². The molecule has 0 spiro atoms. The molecule has 4 heteroatoms. The maximum absolute atomic E-state index is 12.2. The van der Waals surface area contributed by atoms with Gasteiger partial charge in [0.25, 0.3) is 5.91 Å². The van der Waals surface area contributed by atoms with Gasteiger partial charge in [-0.2, -0.15) is 0 Å². The molecule has 1 aromatic heterocycles. The summed E-state index contributed by atoms with van der Waals surface area (Å²) in [5.74, 6) is -0.0281. The molecule has 0 saturated carbocycles. The second kappa shape index (κ2) is 5.16. The van der Waals surface area contributed by atoms with Crippen LogP contribution in [0.1, 0.15) is 30.0 Å². The average molecular weight is 224 g/mol. The van der Waals surface area contributed by atoms with Gasteiger partial charge in [-0.25, -0.2) is 0 Å². The van der Waals surface area contributed by atoms with Crippen molar-refractivity contribution in [3.8, 4) is 0 Å². The minimum atomic E-state index is -0.0281. The monoisotopic (exact) mass is 224 g/mol. The van der Waals surface area contributed by atoms with Crippen LogP contribution < -0.4 is 0 Å². The minimum Gasteiger partial charge on any atom is -0.395 e. The minimum absolute atomic E-state index is 0.00662. The van der Waals surface area contributed by atoms with E-state index in [9.17, 15) is 4.79 Å². The fourth-order valence-corrected chi connectivity index (χ4v) is 1.68. The zero-order valence-electron chi connectivity index (χ0n) is 10.4. The van der Waals surface area contributed by atoms with E-state index in [2.05, 4.69) is 0 Å². The standard InChI is InChI=1S/C12H20N2O2/c1-9(2)14(7-8-15)12(16)11-6-5-10(3)13(11)4/h5-6,9,15H,7-8H2,1-4H3. The second-order valence-electron chi connectivity index (χ2n) is 4.23. The Kier molecular flexibility index (Phi) is 4.12. The second-order valence-corrected chi connectivity index (χ2v) is 4.23. The number of carbonyl (C=O) groups is 1. The van der Waals surface area contributed by atoms with Crippen molar-refractivity contribution in [1.29, 1.82) is 0 Å². The molecular formula is C12H20N2O2. The highest BCUT2D eigenvalue weighted by atomic mass is 16.3. The normalized spacial score (nSPS) is 10.9. The first-order valence-electron chi connectivity index (χ1n) is 5.53. The first-order chi connectivity index (χ1) is 7.49. The van der Waals surface area contributed by atoms with Gasteiger partial charge < -0.3 is 14.6 Å². The van der Waals surface area contributed by atoms with Crippen LogP contribution in [0.25, 0.3) is 0 Å². The Hall–Kier alpha value is -1.29. The number of carbonyl (C=O) groups excluding carboxylic acids is 1. The number of nitrogens with zero attached hydrogens (tertiary/aromatic N) is 2. The summed E-state index contributed by atoms with van der Waals surface area (Å²) in [6, 6.07) is 3.84. The lowest BCUT2D eigenvalue weighted by Crippen LogP contribution is -2.39. The van der Waals surface area contributed by atoms with Crippen molar-refractivity contribution in [2.45, 2.75) is 26.8 Å². The molecule has 1 amide bonds. The number of aryl methyl sites for hydroxylation is 1. The number of aliphatic hydroxyl groups is 1. The van der Waals surface area contributed by atoms with E-state index >= 15 is 0 Å². The van der Waals surface area contributed by atoms with Crippen molar-refractivity contribution in [2.24, 2.45) is 7.05 Å². The van der Waals surface area contributed by atoms with Gasteiger partial charge in [-0.15, -0.1) is 0 Å². The Morgan fingerprint density at radius 3 is 2.50 bits per heavy atom. The van der Waals surface area contributed by atoms with Crippen LogP contribution >= 0.6 is 0 Å². The molecule has 1 aromatic rings. The highest BCUT2D eigenvalue weighted by Gasteiger charge is 2.20. The Balaban J connectivity index is 2.95. The van der Waals surface area contributed by atoms with E-state index in [-0.39, 0.29) is 18.6 Å². The van der Waals surface area contributed by atoms with Gasteiger partial charge in [-0.05, 0) is 32.9 Å². The van der Waals surface area contributed by atoms with E-state index in [0.29, 0.717) is 12.2 Å². The highest BCUT2D eigenvalue weighted by molar-refractivity contribution is 5.93. The Bertz CT molecular complexity index is 369. The topological polar surface area (TPSA) is 45.5 Å². The molecule has 0 aliphatic carbocycles. The van der Waals surface area contributed by atoms with Gasteiger partial charge in [0.2, 0.25) is 0 Å². The van der Waals surface area contributed by atoms with Crippen molar-refractivity contribution in [2.75, 3.05) is 13.2 Å². The molecule has 0 aliphatic heterocycles. The van der Waals surface area contributed by atoms with Crippen molar-refractivity contribution >= 4 is 5.91 Å². The quantitative estimate of drug-likeness (QED) is 0.834. The van der Waals surface area contributed by atoms with Gasteiger partial charge in [0.15, 0.2) is 0 Å². The van der Waals surface area contributed by atoms with Crippen LogP contribution in [0.2, 0.25) is 0 Å². The van der Waals surface area contributed by atoms with E-state index in [1.165, 1.54) is 0 Å². The lowest BCUT2D eigenvalue weighted by Gasteiger charge is -2.26. The molecular weight excluding hydrogens is 204 g/mol. The molecule has 16 heavy (non-hydrogen) atoms. The van der Waals surface area contributed by atoms with Crippen LogP contribution in [0.4, 0.5) is 0 Å². The molecule has 0 unspecified atom stereocenters. The first-order valence-corrected chi connectivity index (χ1v) is 5.53. The molecule has 0 aliphatic rings. The van der Waals surface area contributed by atoms with Crippen molar-refractivity contribution in [1.82, 2.24) is 9.47 Å². The van der Waals surface area contributed by atoms with Crippen LogP contribution in [-0.4, -0.2) is 39.7 Å². The van der Waals surface area contributed by atoms with Gasteiger partial charge in [0, 0.05) is 25.3 Å². The molecule has 0 radical (unpaired) electrons. The van der Waals surface area contributed by atoms with E-state index in [1.807, 2.05) is 44.5 Å². The number of aromatic nitrogens is 1. The van der Waals surface area contributed by atoms with Crippen LogP contribution in [0.3, 0.4) is 0 Å². The van der Waals surface area contributed by atoms with Crippen LogP contribution in [-0.2, 0) is 7.05 Å². The van der Waals surface area contributed by atoms with Gasteiger partial charge in [0.1, 0.15) is 5.69 Å². The summed E-state index contributed by atoms with van der Waals surface area (Å²) < 4.78 is 1.87. The molecule has 0 saturated heterocycles. The molecule has 90 valence electrons. The fourth-order valence-electron chi connectivity index (χ4n) is 1.68. The third-order valence-corrected chi connectivity index (χ3v) is 2.82. The lowest BCUT2D eigenvalue weighted by atomic mass is 10.2. The number of rotatable bonds is 4. The van der Waals surface area contributed by atoms with Crippen LogP contribution in [0.15, 0.2) is 12.1 Å². The molecule has 1 N–H and O–H groups in total. The average Bonchev–Trinajstić information content (AvgIpc) is 2.55. The first kappa shape index (κ1) is 12.8. The summed E-state index contributed by atoms with van der Waals surface area (Å²) in [4.78, 5) is 13.9. The van der Waals surface area contributed by atoms with Crippen molar-refractivity contribution in [3.05, 3.63) is 23.5 Å². The van der Waals surface area contributed by atoms with Crippen molar-refractivity contribution < 1.29 is 9.90 Å². The number of hydrogen-bond acceptors (Lipinski definition) is 2. The zero-order valence-corrected chi connectivity index (χ0v) is 10.4.